The van der Waals surface area contributed by atoms with E-state index in [1.165, 1.54) is 30.5 Å². The fraction of sp³-hybridized carbons (Fsp3) is 0.261. The third-order valence-electron chi connectivity index (χ3n) is 5.13. The van der Waals surface area contributed by atoms with Crippen molar-refractivity contribution in [2.45, 2.75) is 25.0 Å². The van der Waals surface area contributed by atoms with E-state index in [4.69, 9.17) is 11.6 Å². The van der Waals surface area contributed by atoms with E-state index in [1.807, 2.05) is 24.0 Å². The number of aliphatic hydroxyl groups is 1. The summed E-state index contributed by atoms with van der Waals surface area (Å²) in [6, 6.07) is 10.8. The molecule has 1 amide bonds. The smallest absolute Gasteiger partial charge is 0.420 e. The van der Waals surface area contributed by atoms with Gasteiger partial charge >= 0.3 is 5.57 Å². The van der Waals surface area contributed by atoms with Crippen molar-refractivity contribution in [3.05, 3.63) is 66.1 Å². The number of hydrogen-bond acceptors (Lipinski definition) is 7. The lowest BCUT2D eigenvalue weighted by atomic mass is 10.2. The Bertz CT molecular complexity index is 1160. The molecular formula is C23H22ClF2N5O3. The van der Waals surface area contributed by atoms with Gasteiger partial charge in [-0.2, -0.15) is 0 Å². The van der Waals surface area contributed by atoms with Gasteiger partial charge < -0.3 is 25.4 Å². The molecule has 1 aromatic carbocycles. The van der Waals surface area contributed by atoms with Crippen molar-refractivity contribution in [3.63, 3.8) is 0 Å². The first-order valence-electron chi connectivity index (χ1n) is 10.5. The van der Waals surface area contributed by atoms with E-state index in [0.29, 0.717) is 36.7 Å². The predicted octanol–water partition coefficient (Wildman–Crippen LogP) is 4.52. The Morgan fingerprint density at radius 2 is 1.91 bits per heavy atom. The Morgan fingerprint density at radius 3 is 2.53 bits per heavy atom. The van der Waals surface area contributed by atoms with Crippen LogP contribution in [0.1, 0.15) is 22.5 Å². The van der Waals surface area contributed by atoms with E-state index in [-0.39, 0.29) is 11.3 Å². The minimum Gasteiger partial charge on any atom is -0.420 e. The van der Waals surface area contributed by atoms with Crippen molar-refractivity contribution < 1.29 is 23.4 Å². The predicted molar refractivity (Wildman–Crippen MR) is 125 cm³/mol. The van der Waals surface area contributed by atoms with E-state index in [1.54, 1.807) is 12.3 Å². The van der Waals surface area contributed by atoms with E-state index < -0.39 is 17.6 Å². The second-order valence-corrected chi connectivity index (χ2v) is 8.26. The fourth-order valence-corrected chi connectivity index (χ4v) is 3.59. The van der Waals surface area contributed by atoms with Gasteiger partial charge in [0.25, 0.3) is 5.91 Å². The van der Waals surface area contributed by atoms with Crippen molar-refractivity contribution in [2.75, 3.05) is 28.6 Å². The number of carbonyl (C=O) groups excluding carboxylic acids is 1. The first-order chi connectivity index (χ1) is 16.2. The Kier molecular flexibility index (Phi) is 6.80. The van der Waals surface area contributed by atoms with Gasteiger partial charge in [-0.3, -0.25) is 9.78 Å². The van der Waals surface area contributed by atoms with Crippen molar-refractivity contribution in [3.8, 4) is 5.75 Å². The maximum absolute atomic E-state index is 12.8. The number of aliphatic hydroxyl groups excluding tert-OH is 1. The molecule has 178 valence electrons. The van der Waals surface area contributed by atoms with Gasteiger partial charge in [-0.15, -0.1) is 8.78 Å². The SMILES string of the molecule is Cc1ccc(Nc2cc(C(=O)Nc3ccc(OC(F)(F)Cl)cc3)cnc2N2CC[C@@H](O)C2)cn1. The van der Waals surface area contributed by atoms with E-state index in [0.717, 1.165) is 11.4 Å². The lowest BCUT2D eigenvalue weighted by molar-refractivity contribution is -0.0964. The molecule has 34 heavy (non-hydrogen) atoms. The maximum atomic E-state index is 12.8. The number of hydrogen-bond donors (Lipinski definition) is 3. The number of carbonyl (C=O) groups is 1. The minimum absolute atomic E-state index is 0.144. The van der Waals surface area contributed by atoms with E-state index >= 15 is 0 Å². The molecule has 0 bridgehead atoms. The maximum Gasteiger partial charge on any atom is 0.487 e. The number of ether oxygens (including phenoxy) is 1. The number of amides is 1. The molecule has 4 rings (SSSR count). The molecule has 0 spiro atoms. The lowest BCUT2D eigenvalue weighted by Gasteiger charge is -2.21. The van der Waals surface area contributed by atoms with Crippen molar-refractivity contribution in [1.82, 2.24) is 9.97 Å². The van der Waals surface area contributed by atoms with E-state index in [9.17, 15) is 18.7 Å². The van der Waals surface area contributed by atoms with Gasteiger partial charge in [0.1, 0.15) is 5.75 Å². The molecule has 3 heterocycles. The first-order valence-corrected chi connectivity index (χ1v) is 10.8. The summed E-state index contributed by atoms with van der Waals surface area (Å²) in [4.78, 5) is 23.5. The number of pyridine rings is 2. The zero-order valence-electron chi connectivity index (χ0n) is 18.1. The monoisotopic (exact) mass is 489 g/mol. The number of halogens is 3. The first kappa shape index (κ1) is 23.7. The largest absolute Gasteiger partial charge is 0.487 e. The molecule has 3 aromatic rings. The van der Waals surface area contributed by atoms with Gasteiger partial charge in [0.2, 0.25) is 0 Å². The third kappa shape index (κ3) is 6.09. The molecule has 2 aromatic heterocycles. The summed E-state index contributed by atoms with van der Waals surface area (Å²) in [5.74, 6) is 0.0223. The van der Waals surface area contributed by atoms with Gasteiger partial charge in [0.05, 0.1) is 29.2 Å². The number of β-amino-alcohol motifs (C(OH)–C–C–N with tert-alkyl or cyclic N) is 1. The van der Waals surface area contributed by atoms with Crippen LogP contribution < -0.4 is 20.3 Å². The number of anilines is 4. The van der Waals surface area contributed by atoms with Gasteiger partial charge in [0, 0.05) is 42.3 Å². The molecule has 0 radical (unpaired) electrons. The lowest BCUT2D eigenvalue weighted by Crippen LogP contribution is -2.24. The average molecular weight is 490 g/mol. The van der Waals surface area contributed by atoms with Gasteiger partial charge in [-0.05, 0) is 55.8 Å². The highest BCUT2D eigenvalue weighted by molar-refractivity contribution is 6.20. The highest BCUT2D eigenvalue weighted by Crippen LogP contribution is 2.31. The van der Waals surface area contributed by atoms with Crippen molar-refractivity contribution in [2.24, 2.45) is 0 Å². The molecule has 8 nitrogen and oxygen atoms in total. The number of nitrogens with one attached hydrogen (secondary N) is 2. The topological polar surface area (TPSA) is 99.6 Å². The van der Waals surface area contributed by atoms with Crippen LogP contribution in [0.2, 0.25) is 0 Å². The molecule has 1 fully saturated rings. The molecule has 0 unspecified atom stereocenters. The van der Waals surface area contributed by atoms with Gasteiger partial charge in [0.15, 0.2) is 5.82 Å². The van der Waals surface area contributed by atoms with Gasteiger partial charge in [-0.1, -0.05) is 0 Å². The molecule has 1 aliphatic rings. The molecule has 1 aliphatic heterocycles. The summed E-state index contributed by atoms with van der Waals surface area (Å²) in [6.45, 7) is 2.96. The Hall–Kier alpha value is -3.50. The summed E-state index contributed by atoms with van der Waals surface area (Å²) >= 11 is 4.76. The second-order valence-electron chi connectivity index (χ2n) is 7.82. The van der Waals surface area contributed by atoms with Gasteiger partial charge in [-0.25, -0.2) is 4.98 Å². The highest BCUT2D eigenvalue weighted by atomic mass is 35.5. The Balaban J connectivity index is 1.55. The molecule has 11 heteroatoms. The van der Waals surface area contributed by atoms with Crippen LogP contribution in [0.15, 0.2) is 54.9 Å². The number of alkyl halides is 3. The van der Waals surface area contributed by atoms with E-state index in [2.05, 4.69) is 25.3 Å². The summed E-state index contributed by atoms with van der Waals surface area (Å²) in [7, 11) is 0. The summed E-state index contributed by atoms with van der Waals surface area (Å²) in [5.41, 5.74) is -0.998. The van der Waals surface area contributed by atoms with Crippen LogP contribution >= 0.6 is 11.6 Å². The third-order valence-corrected chi connectivity index (χ3v) is 5.21. The van der Waals surface area contributed by atoms with Crippen LogP contribution in [0.25, 0.3) is 0 Å². The summed E-state index contributed by atoms with van der Waals surface area (Å²) in [5, 5.41) is 15.9. The van der Waals surface area contributed by atoms with Crippen LogP contribution in [0.5, 0.6) is 5.75 Å². The summed E-state index contributed by atoms with van der Waals surface area (Å²) in [6.07, 6.45) is 3.31. The second kappa shape index (κ2) is 9.78. The quantitative estimate of drug-likeness (QED) is 0.419. The number of benzene rings is 1. The average Bonchev–Trinajstić information content (AvgIpc) is 3.21. The zero-order valence-corrected chi connectivity index (χ0v) is 18.9. The fourth-order valence-electron chi connectivity index (χ4n) is 3.50. The molecule has 1 saturated heterocycles. The van der Waals surface area contributed by atoms with Crippen molar-refractivity contribution >= 4 is 40.4 Å². The summed E-state index contributed by atoms with van der Waals surface area (Å²) < 4.78 is 29.8. The highest BCUT2D eigenvalue weighted by Gasteiger charge is 2.27. The van der Waals surface area contributed by atoms with Crippen LogP contribution in [0.4, 0.5) is 31.7 Å². The number of aromatic nitrogens is 2. The normalized spacial score (nSPS) is 15.8. The minimum atomic E-state index is -3.82. The molecule has 0 aliphatic carbocycles. The van der Waals surface area contributed by atoms with Crippen LogP contribution in [-0.2, 0) is 0 Å². The molecule has 3 N–H and O–H groups in total. The van der Waals surface area contributed by atoms with Crippen LogP contribution in [0.3, 0.4) is 0 Å². The van der Waals surface area contributed by atoms with Crippen molar-refractivity contribution in [1.29, 1.82) is 0 Å². The Morgan fingerprint density at radius 1 is 1.18 bits per heavy atom. The Labute approximate surface area is 199 Å². The number of aryl methyl sites for hydroxylation is 1. The molecule has 0 saturated carbocycles. The molecular weight excluding hydrogens is 468 g/mol. The molecule has 1 atom stereocenters. The zero-order chi connectivity index (χ0) is 24.3. The standard InChI is InChI=1S/C23H22ClF2N5O3/c1-14-2-3-17(12-27-14)29-20-10-15(11-28-21(20)31-9-8-18(32)13-31)22(33)30-16-4-6-19(7-5-16)34-23(24,25)26/h2-7,10-12,18,29,32H,8-9,13H2,1H3,(H,30,33)/t18-/m1/s1. The van der Waals surface area contributed by atoms with Crippen LogP contribution in [0, 0.1) is 6.92 Å². The number of nitrogens with zero attached hydrogens (tertiary/aromatic N) is 3. The number of rotatable bonds is 7. The van der Waals surface area contributed by atoms with Crippen LogP contribution in [-0.4, -0.2) is 45.7 Å².